The lowest BCUT2D eigenvalue weighted by Gasteiger charge is -2.15. The summed E-state index contributed by atoms with van der Waals surface area (Å²) in [4.78, 5) is 0. The number of sulfonamides is 1. The molecule has 0 spiro atoms. The smallest absolute Gasteiger partial charge is 0.214 e. The molecule has 0 fully saturated rings. The normalized spacial score (nSPS) is 13.2. The molecule has 1 heterocycles. The molecular formula is C14H19N3O3S. The number of aromatic nitrogens is 2. The second kappa shape index (κ2) is 6.84. The minimum atomic E-state index is -3.36. The Morgan fingerprint density at radius 1 is 1.38 bits per heavy atom. The lowest BCUT2D eigenvalue weighted by Crippen LogP contribution is -2.30. The maximum Gasteiger partial charge on any atom is 0.214 e. The highest BCUT2D eigenvalue weighted by Gasteiger charge is 2.16. The number of hydrogen-bond acceptors (Lipinski definition) is 4. The Morgan fingerprint density at radius 3 is 2.86 bits per heavy atom. The Hall–Kier alpha value is -1.70. The molecule has 0 bridgehead atoms. The van der Waals surface area contributed by atoms with E-state index in [-0.39, 0.29) is 18.4 Å². The van der Waals surface area contributed by atoms with Crippen molar-refractivity contribution >= 4 is 10.0 Å². The number of nitrogens with zero attached hydrogens (tertiary/aromatic N) is 2. The van der Waals surface area contributed by atoms with E-state index in [2.05, 4.69) is 9.82 Å². The summed E-state index contributed by atoms with van der Waals surface area (Å²) in [6, 6.07) is 9.12. The minimum Gasteiger partial charge on any atom is -0.384 e. The van der Waals surface area contributed by atoms with Gasteiger partial charge in [-0.1, -0.05) is 12.1 Å². The van der Waals surface area contributed by atoms with Crippen LogP contribution in [-0.2, 0) is 14.8 Å². The summed E-state index contributed by atoms with van der Waals surface area (Å²) in [6.45, 7) is 1.99. The largest absolute Gasteiger partial charge is 0.384 e. The van der Waals surface area contributed by atoms with Gasteiger partial charge in [-0.25, -0.2) is 17.8 Å². The first kappa shape index (κ1) is 15.7. The van der Waals surface area contributed by atoms with Crippen LogP contribution < -0.4 is 4.72 Å². The van der Waals surface area contributed by atoms with Crippen molar-refractivity contribution in [2.24, 2.45) is 0 Å². The van der Waals surface area contributed by atoms with Crippen molar-refractivity contribution in [3.05, 3.63) is 48.3 Å². The van der Waals surface area contributed by atoms with E-state index in [0.29, 0.717) is 0 Å². The molecule has 0 aliphatic heterocycles. The number of ether oxygens (including phenoxy) is 1. The van der Waals surface area contributed by atoms with Gasteiger partial charge in [0.05, 0.1) is 18.0 Å². The molecule has 7 heteroatoms. The summed E-state index contributed by atoms with van der Waals surface area (Å²) in [6.07, 6.45) is 3.54. The van der Waals surface area contributed by atoms with Gasteiger partial charge in [-0.15, -0.1) is 0 Å². The van der Waals surface area contributed by atoms with Crippen LogP contribution >= 0.6 is 0 Å². The molecule has 0 radical (unpaired) electrons. The van der Waals surface area contributed by atoms with Gasteiger partial charge < -0.3 is 4.74 Å². The monoisotopic (exact) mass is 309 g/mol. The van der Waals surface area contributed by atoms with Crippen LogP contribution in [0.15, 0.2) is 42.7 Å². The summed E-state index contributed by atoms with van der Waals surface area (Å²) in [5.41, 5.74) is 1.77. The predicted molar refractivity (Wildman–Crippen MR) is 80.8 cm³/mol. The topological polar surface area (TPSA) is 73.2 Å². The minimum absolute atomic E-state index is 0.0489. The van der Waals surface area contributed by atoms with Gasteiger partial charge in [0.25, 0.3) is 0 Å². The van der Waals surface area contributed by atoms with Gasteiger partial charge in [-0.05, 0) is 30.7 Å². The first-order valence-electron chi connectivity index (χ1n) is 6.61. The van der Waals surface area contributed by atoms with E-state index in [1.54, 1.807) is 10.9 Å². The van der Waals surface area contributed by atoms with E-state index < -0.39 is 10.0 Å². The van der Waals surface area contributed by atoms with Crippen LogP contribution in [0.1, 0.15) is 18.5 Å². The molecular weight excluding hydrogens is 290 g/mol. The molecule has 0 saturated carbocycles. The van der Waals surface area contributed by atoms with Crippen LogP contribution in [0.5, 0.6) is 0 Å². The van der Waals surface area contributed by atoms with Crippen molar-refractivity contribution in [3.8, 4) is 5.69 Å². The molecule has 6 nitrogen and oxygen atoms in total. The van der Waals surface area contributed by atoms with Gasteiger partial charge >= 0.3 is 0 Å². The van der Waals surface area contributed by atoms with Crippen LogP contribution in [0.3, 0.4) is 0 Å². The molecule has 0 aliphatic carbocycles. The Labute approximate surface area is 124 Å². The first-order valence-corrected chi connectivity index (χ1v) is 8.26. The number of nitrogens with one attached hydrogen (secondary N) is 1. The van der Waals surface area contributed by atoms with Gasteiger partial charge in [0, 0.05) is 25.5 Å². The fourth-order valence-electron chi connectivity index (χ4n) is 1.95. The van der Waals surface area contributed by atoms with E-state index in [4.69, 9.17) is 4.74 Å². The molecule has 1 aromatic carbocycles. The molecule has 1 N–H and O–H groups in total. The second-order valence-corrected chi connectivity index (χ2v) is 6.57. The molecule has 114 valence electrons. The summed E-state index contributed by atoms with van der Waals surface area (Å²) < 4.78 is 32.9. The Balaban J connectivity index is 2.13. The second-order valence-electron chi connectivity index (χ2n) is 4.70. The third kappa shape index (κ3) is 4.38. The van der Waals surface area contributed by atoms with E-state index in [0.717, 1.165) is 11.3 Å². The van der Waals surface area contributed by atoms with Crippen molar-refractivity contribution < 1.29 is 13.2 Å². The van der Waals surface area contributed by atoms with Crippen LogP contribution in [0.25, 0.3) is 5.69 Å². The Morgan fingerprint density at radius 2 is 2.19 bits per heavy atom. The van der Waals surface area contributed by atoms with E-state index in [1.165, 1.54) is 7.11 Å². The molecule has 2 aromatic rings. The van der Waals surface area contributed by atoms with Crippen molar-refractivity contribution in [3.63, 3.8) is 0 Å². The Bertz CT molecular complexity index is 669. The molecule has 21 heavy (non-hydrogen) atoms. The number of rotatable bonds is 7. The molecule has 0 saturated heterocycles. The predicted octanol–water partition coefficient (Wildman–Crippen LogP) is 1.50. The van der Waals surface area contributed by atoms with Gasteiger partial charge in [0.1, 0.15) is 0 Å². The average Bonchev–Trinajstić information content (AvgIpc) is 2.99. The average molecular weight is 309 g/mol. The molecule has 1 atom stereocenters. The quantitative estimate of drug-likeness (QED) is 0.841. The summed E-state index contributed by atoms with van der Waals surface area (Å²) in [7, 11) is -1.88. The highest BCUT2D eigenvalue weighted by molar-refractivity contribution is 7.89. The maximum absolute atomic E-state index is 11.9. The number of methoxy groups -OCH3 is 1. The van der Waals surface area contributed by atoms with E-state index >= 15 is 0 Å². The van der Waals surface area contributed by atoms with Crippen molar-refractivity contribution in [1.82, 2.24) is 14.5 Å². The molecule has 1 aromatic heterocycles. The fraction of sp³-hybridized carbons (Fsp3) is 0.357. The zero-order valence-electron chi connectivity index (χ0n) is 12.1. The summed E-state index contributed by atoms with van der Waals surface area (Å²) in [5, 5.41) is 4.16. The molecule has 2 rings (SSSR count). The maximum atomic E-state index is 11.9. The van der Waals surface area contributed by atoms with Crippen LogP contribution in [0.2, 0.25) is 0 Å². The third-order valence-electron chi connectivity index (χ3n) is 3.05. The van der Waals surface area contributed by atoms with Gasteiger partial charge in [0.2, 0.25) is 10.0 Å². The summed E-state index contributed by atoms with van der Waals surface area (Å²) >= 11 is 0. The highest BCUT2D eigenvalue weighted by atomic mass is 32.2. The van der Waals surface area contributed by atoms with Crippen molar-refractivity contribution in [1.29, 1.82) is 0 Å². The van der Waals surface area contributed by atoms with Gasteiger partial charge in [0.15, 0.2) is 0 Å². The lowest BCUT2D eigenvalue weighted by atomic mass is 10.1. The SMILES string of the molecule is COCCS(=O)(=O)N[C@H](C)c1cccc(-n2cccn2)c1. The third-order valence-corrected chi connectivity index (χ3v) is 4.47. The zero-order valence-corrected chi connectivity index (χ0v) is 12.9. The highest BCUT2D eigenvalue weighted by Crippen LogP contribution is 2.17. The Kier molecular flexibility index (Phi) is 5.11. The number of hydrogen-bond donors (Lipinski definition) is 1. The van der Waals surface area contributed by atoms with Gasteiger partial charge in [-0.3, -0.25) is 0 Å². The van der Waals surface area contributed by atoms with E-state index in [9.17, 15) is 8.42 Å². The van der Waals surface area contributed by atoms with E-state index in [1.807, 2.05) is 43.5 Å². The van der Waals surface area contributed by atoms with Crippen molar-refractivity contribution in [2.45, 2.75) is 13.0 Å². The first-order chi connectivity index (χ1) is 10.0. The number of benzene rings is 1. The van der Waals surface area contributed by atoms with Crippen LogP contribution in [0, 0.1) is 0 Å². The van der Waals surface area contributed by atoms with Crippen LogP contribution in [-0.4, -0.2) is 37.7 Å². The van der Waals surface area contributed by atoms with Crippen LogP contribution in [0.4, 0.5) is 0 Å². The molecule has 0 aliphatic rings. The summed E-state index contributed by atoms with van der Waals surface area (Å²) in [5.74, 6) is -0.0489. The molecule has 0 amide bonds. The van der Waals surface area contributed by atoms with Crippen molar-refractivity contribution in [2.75, 3.05) is 19.5 Å². The molecule has 0 unspecified atom stereocenters. The van der Waals surface area contributed by atoms with Gasteiger partial charge in [-0.2, -0.15) is 5.10 Å². The standard InChI is InChI=1S/C14H19N3O3S/c1-12(16-21(18,19)10-9-20-2)13-5-3-6-14(11-13)17-8-4-7-15-17/h3-8,11-12,16H,9-10H2,1-2H3/t12-/m1/s1. The lowest BCUT2D eigenvalue weighted by molar-refractivity contribution is 0.216. The fourth-order valence-corrected chi connectivity index (χ4v) is 3.13. The zero-order chi connectivity index (χ0) is 15.3.